The molecule has 0 amide bonds. The molecule has 0 atom stereocenters. The van der Waals surface area contributed by atoms with Crippen LogP contribution in [0.25, 0.3) is 0 Å². The molecule has 2 N–H and O–H groups in total. The van der Waals surface area contributed by atoms with Gasteiger partial charge in [-0.2, -0.15) is 5.10 Å². The van der Waals surface area contributed by atoms with Crippen LogP contribution in [0.15, 0.2) is 12.3 Å². The molecular weight excluding hydrogens is 170 g/mol. The van der Waals surface area contributed by atoms with Crippen LogP contribution in [0.4, 0.5) is 0 Å². The van der Waals surface area contributed by atoms with Gasteiger partial charge in [0.1, 0.15) is 12.3 Å². The van der Waals surface area contributed by atoms with Crippen molar-refractivity contribution in [2.75, 3.05) is 19.8 Å². The van der Waals surface area contributed by atoms with E-state index in [4.69, 9.17) is 10.5 Å². The predicted octanol–water partition coefficient (Wildman–Crippen LogP) is -0.422. The summed E-state index contributed by atoms with van der Waals surface area (Å²) >= 11 is 0. The molecule has 5 heteroatoms. The van der Waals surface area contributed by atoms with Crippen molar-refractivity contribution in [3.63, 3.8) is 0 Å². The number of carbonyl (C=O) groups excluding carboxylic acids is 1. The quantitative estimate of drug-likeness (QED) is 0.497. The first-order valence-corrected chi connectivity index (χ1v) is 4.04. The second-order valence-corrected chi connectivity index (χ2v) is 2.60. The Labute approximate surface area is 76.5 Å². The van der Waals surface area contributed by atoms with Gasteiger partial charge in [0.25, 0.3) is 0 Å². The molecule has 0 radical (unpaired) electrons. The van der Waals surface area contributed by atoms with Crippen molar-refractivity contribution in [3.8, 4) is 0 Å². The molecule has 5 nitrogen and oxygen atoms in total. The lowest BCUT2D eigenvalue weighted by atomic mass is 10.3. The van der Waals surface area contributed by atoms with Crippen molar-refractivity contribution in [2.24, 2.45) is 12.8 Å². The number of nitrogens with two attached hydrogens (primary N) is 1. The SMILES string of the molecule is Cn1nccc1C(=O)COCCN. The third kappa shape index (κ3) is 2.64. The molecule has 0 bridgehead atoms. The van der Waals surface area contributed by atoms with E-state index in [1.807, 2.05) is 0 Å². The summed E-state index contributed by atoms with van der Waals surface area (Å²) < 4.78 is 6.53. The number of rotatable bonds is 5. The lowest BCUT2D eigenvalue weighted by molar-refractivity contribution is 0.0765. The fourth-order valence-corrected chi connectivity index (χ4v) is 0.970. The summed E-state index contributed by atoms with van der Waals surface area (Å²) in [4.78, 5) is 11.4. The second-order valence-electron chi connectivity index (χ2n) is 2.60. The Morgan fingerprint density at radius 1 is 1.77 bits per heavy atom. The number of nitrogens with zero attached hydrogens (tertiary/aromatic N) is 2. The summed E-state index contributed by atoms with van der Waals surface area (Å²) in [5.74, 6) is -0.0755. The average Bonchev–Trinajstić information content (AvgIpc) is 2.52. The van der Waals surface area contributed by atoms with Crippen LogP contribution in [-0.2, 0) is 11.8 Å². The molecule has 0 aromatic carbocycles. The average molecular weight is 183 g/mol. The van der Waals surface area contributed by atoms with E-state index in [2.05, 4.69) is 5.10 Å². The normalized spacial score (nSPS) is 10.3. The second kappa shape index (κ2) is 4.74. The molecule has 1 rings (SSSR count). The van der Waals surface area contributed by atoms with Crippen molar-refractivity contribution in [3.05, 3.63) is 18.0 Å². The van der Waals surface area contributed by atoms with Crippen LogP contribution in [0.2, 0.25) is 0 Å². The number of hydrogen-bond donors (Lipinski definition) is 1. The van der Waals surface area contributed by atoms with Crippen LogP contribution in [0.1, 0.15) is 10.5 Å². The zero-order valence-corrected chi connectivity index (χ0v) is 7.56. The van der Waals surface area contributed by atoms with Gasteiger partial charge >= 0.3 is 0 Å². The molecule has 0 spiro atoms. The fraction of sp³-hybridized carbons (Fsp3) is 0.500. The van der Waals surface area contributed by atoms with Crippen molar-refractivity contribution >= 4 is 5.78 Å². The van der Waals surface area contributed by atoms with Crippen LogP contribution >= 0.6 is 0 Å². The van der Waals surface area contributed by atoms with Crippen LogP contribution in [0, 0.1) is 0 Å². The maximum Gasteiger partial charge on any atom is 0.206 e. The van der Waals surface area contributed by atoms with Crippen LogP contribution < -0.4 is 5.73 Å². The van der Waals surface area contributed by atoms with E-state index in [1.165, 1.54) is 4.68 Å². The molecule has 0 saturated heterocycles. The lowest BCUT2D eigenvalue weighted by Gasteiger charge is -2.01. The van der Waals surface area contributed by atoms with Crippen molar-refractivity contribution in [2.45, 2.75) is 0 Å². The third-order valence-electron chi connectivity index (χ3n) is 1.60. The Kier molecular flexibility index (Phi) is 3.60. The van der Waals surface area contributed by atoms with Gasteiger partial charge in [0.2, 0.25) is 5.78 Å². The molecule has 1 aromatic heterocycles. The topological polar surface area (TPSA) is 70.1 Å². The zero-order valence-electron chi connectivity index (χ0n) is 7.56. The number of aromatic nitrogens is 2. The molecular formula is C8H13N3O2. The smallest absolute Gasteiger partial charge is 0.206 e. The summed E-state index contributed by atoms with van der Waals surface area (Å²) in [6, 6.07) is 1.66. The summed E-state index contributed by atoms with van der Waals surface area (Å²) in [7, 11) is 1.72. The summed E-state index contributed by atoms with van der Waals surface area (Å²) in [5, 5.41) is 3.88. The Bertz CT molecular complexity index is 283. The summed E-state index contributed by atoms with van der Waals surface area (Å²) in [5.41, 5.74) is 5.76. The van der Waals surface area contributed by atoms with Gasteiger partial charge in [0, 0.05) is 19.8 Å². The largest absolute Gasteiger partial charge is 0.372 e. The Hall–Kier alpha value is -1.20. The number of aryl methyl sites for hydroxylation is 1. The van der Waals surface area contributed by atoms with Crippen molar-refractivity contribution in [1.29, 1.82) is 0 Å². The maximum atomic E-state index is 11.4. The Morgan fingerprint density at radius 2 is 2.54 bits per heavy atom. The summed E-state index contributed by atoms with van der Waals surface area (Å²) in [6.07, 6.45) is 1.58. The first-order chi connectivity index (χ1) is 6.25. The maximum absolute atomic E-state index is 11.4. The molecule has 0 unspecified atom stereocenters. The monoisotopic (exact) mass is 183 g/mol. The van der Waals surface area contributed by atoms with Crippen LogP contribution in [0.3, 0.4) is 0 Å². The molecule has 0 fully saturated rings. The van der Waals surface area contributed by atoms with E-state index in [1.54, 1.807) is 19.3 Å². The molecule has 1 heterocycles. The predicted molar refractivity (Wildman–Crippen MR) is 47.4 cm³/mol. The number of carbonyl (C=O) groups is 1. The highest BCUT2D eigenvalue weighted by molar-refractivity contribution is 5.95. The Balaban J connectivity index is 2.45. The van der Waals surface area contributed by atoms with E-state index in [0.29, 0.717) is 18.8 Å². The molecule has 13 heavy (non-hydrogen) atoms. The fourth-order valence-electron chi connectivity index (χ4n) is 0.970. The van der Waals surface area contributed by atoms with Gasteiger partial charge in [-0.25, -0.2) is 0 Å². The van der Waals surface area contributed by atoms with Gasteiger partial charge in [-0.3, -0.25) is 9.48 Å². The molecule has 1 aromatic rings. The minimum absolute atomic E-state index is 0.0662. The van der Waals surface area contributed by atoms with Crippen molar-refractivity contribution in [1.82, 2.24) is 9.78 Å². The van der Waals surface area contributed by atoms with E-state index >= 15 is 0 Å². The molecule has 0 saturated carbocycles. The van der Waals surface area contributed by atoms with Crippen LogP contribution in [0.5, 0.6) is 0 Å². The number of hydrogen-bond acceptors (Lipinski definition) is 4. The lowest BCUT2D eigenvalue weighted by Crippen LogP contribution is -2.16. The van der Waals surface area contributed by atoms with Gasteiger partial charge in [-0.1, -0.05) is 0 Å². The van der Waals surface area contributed by atoms with E-state index in [9.17, 15) is 4.79 Å². The third-order valence-corrected chi connectivity index (χ3v) is 1.60. The van der Waals surface area contributed by atoms with Gasteiger partial charge in [0.15, 0.2) is 0 Å². The molecule has 0 aliphatic rings. The Morgan fingerprint density at radius 3 is 3.08 bits per heavy atom. The minimum Gasteiger partial charge on any atom is -0.372 e. The van der Waals surface area contributed by atoms with Gasteiger partial charge in [-0.15, -0.1) is 0 Å². The standard InChI is InChI=1S/C8H13N3O2/c1-11-7(2-4-10-11)8(12)6-13-5-3-9/h2,4H,3,5-6,9H2,1H3. The molecule has 0 aliphatic heterocycles. The highest BCUT2D eigenvalue weighted by Gasteiger charge is 2.08. The minimum atomic E-state index is -0.0755. The first-order valence-electron chi connectivity index (χ1n) is 4.04. The number of ketones is 1. The number of Topliss-reactive ketones (excluding diaryl/α,β-unsaturated/α-hetero) is 1. The first kappa shape index (κ1) is 9.88. The van der Waals surface area contributed by atoms with Crippen LogP contribution in [-0.4, -0.2) is 35.3 Å². The highest BCUT2D eigenvalue weighted by atomic mass is 16.5. The van der Waals surface area contributed by atoms with Gasteiger partial charge in [-0.05, 0) is 6.07 Å². The molecule has 72 valence electrons. The molecule has 0 aliphatic carbocycles. The van der Waals surface area contributed by atoms with E-state index in [-0.39, 0.29) is 12.4 Å². The van der Waals surface area contributed by atoms with E-state index in [0.717, 1.165) is 0 Å². The highest BCUT2D eigenvalue weighted by Crippen LogP contribution is 1.97. The number of ether oxygens (including phenoxy) is 1. The van der Waals surface area contributed by atoms with Crippen molar-refractivity contribution < 1.29 is 9.53 Å². The zero-order chi connectivity index (χ0) is 9.68. The van der Waals surface area contributed by atoms with E-state index < -0.39 is 0 Å². The van der Waals surface area contributed by atoms with Gasteiger partial charge < -0.3 is 10.5 Å². The summed E-state index contributed by atoms with van der Waals surface area (Å²) in [6.45, 7) is 0.902. The van der Waals surface area contributed by atoms with Gasteiger partial charge in [0.05, 0.1) is 6.61 Å².